The molecule has 2 amide bonds. The predicted octanol–water partition coefficient (Wildman–Crippen LogP) is 2.39. The molecule has 0 aliphatic heterocycles. The topological polar surface area (TPSA) is 84.0 Å². The first-order valence-corrected chi connectivity index (χ1v) is 6.84. The molecular weight excluding hydrogens is 300 g/mol. The van der Waals surface area contributed by atoms with Crippen molar-refractivity contribution in [1.82, 2.24) is 10.2 Å². The Morgan fingerprint density at radius 1 is 1.15 bits per heavy atom. The van der Waals surface area contributed by atoms with Crippen molar-refractivity contribution >= 4 is 45.6 Å². The van der Waals surface area contributed by atoms with E-state index in [0.717, 1.165) is 5.56 Å². The van der Waals surface area contributed by atoms with Crippen molar-refractivity contribution in [2.75, 3.05) is 10.6 Å². The van der Waals surface area contributed by atoms with Gasteiger partial charge in [-0.15, -0.1) is 10.2 Å². The van der Waals surface area contributed by atoms with Gasteiger partial charge in [0.25, 0.3) is 0 Å². The van der Waals surface area contributed by atoms with Crippen LogP contribution in [0.25, 0.3) is 0 Å². The lowest BCUT2D eigenvalue weighted by Gasteiger charge is -2.08. The zero-order valence-corrected chi connectivity index (χ0v) is 12.3. The minimum atomic E-state index is -0.805. The Morgan fingerprint density at radius 3 is 2.50 bits per heavy atom. The fourth-order valence-corrected chi connectivity index (χ4v) is 2.17. The lowest BCUT2D eigenvalue weighted by atomic mass is 10.2. The zero-order valence-electron chi connectivity index (χ0n) is 10.7. The molecule has 2 rings (SSSR count). The van der Waals surface area contributed by atoms with E-state index in [2.05, 4.69) is 20.8 Å². The van der Waals surface area contributed by atoms with Gasteiger partial charge in [-0.05, 0) is 31.5 Å². The van der Waals surface area contributed by atoms with Gasteiger partial charge in [0.15, 0.2) is 0 Å². The highest BCUT2D eigenvalue weighted by atomic mass is 35.5. The Bertz CT molecular complexity index is 671. The van der Waals surface area contributed by atoms with Crippen LogP contribution < -0.4 is 10.6 Å². The van der Waals surface area contributed by atoms with Crippen LogP contribution in [-0.2, 0) is 9.59 Å². The van der Waals surface area contributed by atoms with E-state index in [0.29, 0.717) is 15.7 Å². The average molecular weight is 311 g/mol. The number of nitrogens with zero attached hydrogens (tertiary/aromatic N) is 2. The Balaban J connectivity index is 2.04. The van der Waals surface area contributed by atoms with Crippen LogP contribution in [0.5, 0.6) is 0 Å². The molecule has 1 heterocycles. The summed E-state index contributed by atoms with van der Waals surface area (Å²) >= 11 is 7.03. The molecule has 0 saturated heterocycles. The van der Waals surface area contributed by atoms with Crippen LogP contribution in [0, 0.1) is 13.8 Å². The lowest BCUT2D eigenvalue weighted by molar-refractivity contribution is -0.133. The zero-order chi connectivity index (χ0) is 14.7. The number of amides is 2. The SMILES string of the molecule is Cc1nnc(NC(=O)C(=O)Nc2cc(Cl)ccc2C)s1. The third-order valence-electron chi connectivity index (χ3n) is 2.40. The summed E-state index contributed by atoms with van der Waals surface area (Å²) in [5.74, 6) is -1.59. The number of rotatable bonds is 2. The highest BCUT2D eigenvalue weighted by Gasteiger charge is 2.16. The van der Waals surface area contributed by atoms with Crippen molar-refractivity contribution in [3.63, 3.8) is 0 Å². The van der Waals surface area contributed by atoms with Crippen molar-refractivity contribution in [2.45, 2.75) is 13.8 Å². The van der Waals surface area contributed by atoms with Crippen molar-refractivity contribution in [2.24, 2.45) is 0 Å². The number of nitrogens with one attached hydrogen (secondary N) is 2. The molecule has 2 N–H and O–H groups in total. The molecule has 1 aromatic heterocycles. The van der Waals surface area contributed by atoms with Crippen LogP contribution in [0.1, 0.15) is 10.6 Å². The highest BCUT2D eigenvalue weighted by molar-refractivity contribution is 7.15. The Morgan fingerprint density at radius 2 is 1.85 bits per heavy atom. The molecule has 0 fully saturated rings. The number of hydrogen-bond acceptors (Lipinski definition) is 5. The van der Waals surface area contributed by atoms with Crippen LogP contribution in [0.3, 0.4) is 0 Å². The van der Waals surface area contributed by atoms with Gasteiger partial charge in [-0.1, -0.05) is 29.0 Å². The molecular formula is C12H11ClN4O2S. The van der Waals surface area contributed by atoms with Gasteiger partial charge in [0.1, 0.15) is 5.01 Å². The maximum atomic E-state index is 11.8. The number of carbonyl (C=O) groups excluding carboxylic acids is 2. The summed E-state index contributed by atoms with van der Waals surface area (Å²) in [4.78, 5) is 23.5. The molecule has 2 aromatic rings. The molecule has 0 aliphatic rings. The highest BCUT2D eigenvalue weighted by Crippen LogP contribution is 2.20. The Labute approximate surface area is 124 Å². The second-order valence-corrected chi connectivity index (χ2v) is 5.61. The van der Waals surface area contributed by atoms with Gasteiger partial charge in [0.2, 0.25) is 5.13 Å². The van der Waals surface area contributed by atoms with Gasteiger partial charge < -0.3 is 5.32 Å². The van der Waals surface area contributed by atoms with Crippen LogP contribution in [0.2, 0.25) is 5.02 Å². The fraction of sp³-hybridized carbons (Fsp3) is 0.167. The van der Waals surface area contributed by atoms with Crippen LogP contribution in [0.15, 0.2) is 18.2 Å². The van der Waals surface area contributed by atoms with E-state index in [1.165, 1.54) is 11.3 Å². The molecule has 0 spiro atoms. The maximum absolute atomic E-state index is 11.8. The molecule has 20 heavy (non-hydrogen) atoms. The van der Waals surface area contributed by atoms with Crippen molar-refractivity contribution in [1.29, 1.82) is 0 Å². The van der Waals surface area contributed by atoms with E-state index in [9.17, 15) is 9.59 Å². The number of carbonyl (C=O) groups is 2. The number of anilines is 2. The molecule has 1 aromatic carbocycles. The van der Waals surface area contributed by atoms with E-state index < -0.39 is 11.8 Å². The summed E-state index contributed by atoms with van der Waals surface area (Å²) in [7, 11) is 0. The number of hydrogen-bond donors (Lipinski definition) is 2. The number of aromatic nitrogens is 2. The summed E-state index contributed by atoms with van der Waals surface area (Å²) < 4.78 is 0. The largest absolute Gasteiger partial charge is 0.317 e. The summed E-state index contributed by atoms with van der Waals surface area (Å²) in [6, 6.07) is 5.04. The molecule has 8 heteroatoms. The third kappa shape index (κ3) is 3.52. The monoisotopic (exact) mass is 310 g/mol. The standard InChI is InChI=1S/C12H11ClN4O2S/c1-6-3-4-8(13)5-9(6)14-10(18)11(19)15-12-17-16-7(2)20-12/h3-5H,1-2H3,(H,14,18)(H,15,17,19). The average Bonchev–Trinajstić information content (AvgIpc) is 2.79. The summed E-state index contributed by atoms with van der Waals surface area (Å²) in [6.07, 6.45) is 0. The summed E-state index contributed by atoms with van der Waals surface area (Å²) in [6.45, 7) is 3.56. The second-order valence-electron chi connectivity index (χ2n) is 3.99. The Kier molecular flexibility index (Phi) is 4.31. The van der Waals surface area contributed by atoms with Gasteiger partial charge in [-0.2, -0.15) is 0 Å². The lowest BCUT2D eigenvalue weighted by Crippen LogP contribution is -2.29. The van der Waals surface area contributed by atoms with Crippen LogP contribution in [0.4, 0.5) is 10.8 Å². The van der Waals surface area contributed by atoms with Crippen molar-refractivity contribution in [3.8, 4) is 0 Å². The summed E-state index contributed by atoms with van der Waals surface area (Å²) in [5, 5.41) is 13.8. The smallest absolute Gasteiger partial charge is 0.315 e. The molecule has 104 valence electrons. The minimum Gasteiger partial charge on any atom is -0.317 e. The maximum Gasteiger partial charge on any atom is 0.315 e. The van der Waals surface area contributed by atoms with Crippen molar-refractivity contribution in [3.05, 3.63) is 33.8 Å². The first-order chi connectivity index (χ1) is 9.45. The molecule has 0 bridgehead atoms. The second kappa shape index (κ2) is 5.98. The van der Waals surface area contributed by atoms with Gasteiger partial charge in [-0.3, -0.25) is 14.9 Å². The van der Waals surface area contributed by atoms with Gasteiger partial charge in [-0.25, -0.2) is 0 Å². The molecule has 0 unspecified atom stereocenters. The van der Waals surface area contributed by atoms with Gasteiger partial charge in [0, 0.05) is 10.7 Å². The van der Waals surface area contributed by atoms with Crippen molar-refractivity contribution < 1.29 is 9.59 Å². The number of aryl methyl sites for hydroxylation is 2. The molecule has 6 nitrogen and oxygen atoms in total. The molecule has 0 radical (unpaired) electrons. The first kappa shape index (κ1) is 14.4. The van der Waals surface area contributed by atoms with E-state index in [1.54, 1.807) is 32.0 Å². The van der Waals surface area contributed by atoms with Gasteiger partial charge >= 0.3 is 11.8 Å². The van der Waals surface area contributed by atoms with E-state index >= 15 is 0 Å². The van der Waals surface area contributed by atoms with Crippen LogP contribution in [-0.4, -0.2) is 22.0 Å². The summed E-state index contributed by atoms with van der Waals surface area (Å²) in [5.41, 5.74) is 1.30. The predicted molar refractivity (Wildman–Crippen MR) is 78.1 cm³/mol. The van der Waals surface area contributed by atoms with Gasteiger partial charge in [0.05, 0.1) is 0 Å². The molecule has 0 aliphatic carbocycles. The minimum absolute atomic E-state index is 0.283. The number of benzene rings is 1. The first-order valence-electron chi connectivity index (χ1n) is 5.64. The molecule has 0 atom stereocenters. The molecule has 0 saturated carbocycles. The van der Waals surface area contributed by atoms with E-state index in [-0.39, 0.29) is 5.13 Å². The Hall–Kier alpha value is -1.99. The normalized spacial score (nSPS) is 10.2. The van der Waals surface area contributed by atoms with E-state index in [4.69, 9.17) is 11.6 Å². The van der Waals surface area contributed by atoms with Crippen LogP contribution >= 0.6 is 22.9 Å². The number of halogens is 1. The quantitative estimate of drug-likeness (QED) is 0.834. The fourth-order valence-electron chi connectivity index (χ4n) is 1.41. The van der Waals surface area contributed by atoms with E-state index in [1.807, 2.05) is 0 Å². The third-order valence-corrected chi connectivity index (χ3v) is 3.39.